The Morgan fingerprint density at radius 3 is 2.35 bits per heavy atom. The summed E-state index contributed by atoms with van der Waals surface area (Å²) in [5.74, 6) is 0.767. The van der Waals surface area contributed by atoms with Crippen LogP contribution in [0.4, 0.5) is 18.0 Å². The number of halogens is 3. The van der Waals surface area contributed by atoms with Gasteiger partial charge in [0.1, 0.15) is 5.75 Å². The van der Waals surface area contributed by atoms with Crippen molar-refractivity contribution in [2.75, 3.05) is 26.7 Å². The molecule has 1 atom stereocenters. The first-order chi connectivity index (χ1) is 12.1. The first kappa shape index (κ1) is 22.1. The number of hydrogen-bond acceptors (Lipinski definition) is 3. The van der Waals surface area contributed by atoms with Gasteiger partial charge < -0.3 is 15.4 Å². The summed E-state index contributed by atoms with van der Waals surface area (Å²) in [6.07, 6.45) is -3.67. The molecule has 148 valence electrons. The molecule has 0 aliphatic carbocycles. The summed E-state index contributed by atoms with van der Waals surface area (Å²) < 4.78 is 42.2. The monoisotopic (exact) mass is 375 g/mol. The minimum absolute atomic E-state index is 0.0948. The van der Waals surface area contributed by atoms with Crippen LogP contribution in [0.5, 0.6) is 5.75 Å². The van der Waals surface area contributed by atoms with Crippen molar-refractivity contribution in [3.63, 3.8) is 0 Å². The largest absolute Gasteiger partial charge is 0.491 e. The van der Waals surface area contributed by atoms with E-state index in [2.05, 4.69) is 10.6 Å². The number of alkyl halides is 3. The van der Waals surface area contributed by atoms with Crippen LogP contribution in [0.25, 0.3) is 0 Å². The summed E-state index contributed by atoms with van der Waals surface area (Å²) in [6.45, 7) is 5.36. The lowest BCUT2D eigenvalue weighted by molar-refractivity contribution is -0.143. The van der Waals surface area contributed by atoms with Gasteiger partial charge in [-0.2, -0.15) is 13.2 Å². The van der Waals surface area contributed by atoms with Gasteiger partial charge in [-0.05, 0) is 58.5 Å². The lowest BCUT2D eigenvalue weighted by atomic mass is 10.1. The third-order valence-electron chi connectivity index (χ3n) is 3.55. The molecule has 0 aromatic heterocycles. The summed E-state index contributed by atoms with van der Waals surface area (Å²) in [4.78, 5) is 13.1. The molecule has 2 amide bonds. The average Bonchev–Trinajstić information content (AvgIpc) is 2.50. The second-order valence-corrected chi connectivity index (χ2v) is 6.56. The number of benzene rings is 1. The highest BCUT2D eigenvalue weighted by Crippen LogP contribution is 2.18. The third-order valence-corrected chi connectivity index (χ3v) is 3.55. The molecule has 2 N–H and O–H groups in total. The number of nitrogens with one attached hydrogen (secondary N) is 2. The van der Waals surface area contributed by atoms with Crippen molar-refractivity contribution < 1.29 is 22.7 Å². The van der Waals surface area contributed by atoms with Crippen LogP contribution in [0.2, 0.25) is 0 Å². The van der Waals surface area contributed by atoms with E-state index in [4.69, 9.17) is 4.74 Å². The molecule has 0 heterocycles. The Kier molecular flexibility index (Phi) is 8.71. The standard InChI is InChI=1S/C18H28F3N3O2/c1-13(2)26-16-8-6-15(7-9-16)14(3)23-17(25)22-10-5-11-24(4)12-18(19,20)21/h6-9,13-14H,5,10-12H2,1-4H3,(H2,22,23,25). The van der Waals surface area contributed by atoms with Gasteiger partial charge >= 0.3 is 12.2 Å². The predicted octanol–water partition coefficient (Wildman–Crippen LogP) is 3.72. The third kappa shape index (κ3) is 9.50. The van der Waals surface area contributed by atoms with E-state index in [9.17, 15) is 18.0 Å². The zero-order valence-electron chi connectivity index (χ0n) is 15.7. The summed E-state index contributed by atoms with van der Waals surface area (Å²) in [5.41, 5.74) is 0.932. The molecular formula is C18H28F3N3O2. The Hall–Kier alpha value is -1.96. The predicted molar refractivity (Wildman–Crippen MR) is 95.3 cm³/mol. The molecule has 1 aromatic rings. The van der Waals surface area contributed by atoms with E-state index in [0.717, 1.165) is 11.3 Å². The molecule has 0 spiro atoms. The van der Waals surface area contributed by atoms with Crippen LogP contribution >= 0.6 is 0 Å². The number of ether oxygens (including phenoxy) is 1. The van der Waals surface area contributed by atoms with Gasteiger partial charge in [-0.3, -0.25) is 4.90 Å². The Balaban J connectivity index is 2.30. The summed E-state index contributed by atoms with van der Waals surface area (Å²) in [5, 5.41) is 5.45. The van der Waals surface area contributed by atoms with Gasteiger partial charge in [0.15, 0.2) is 0 Å². The topological polar surface area (TPSA) is 53.6 Å². The number of amides is 2. The maximum atomic E-state index is 12.2. The first-order valence-electron chi connectivity index (χ1n) is 8.63. The molecule has 0 radical (unpaired) electrons. The number of rotatable bonds is 9. The van der Waals surface area contributed by atoms with Crippen LogP contribution in [0.1, 0.15) is 38.8 Å². The molecule has 26 heavy (non-hydrogen) atoms. The molecule has 0 aliphatic heterocycles. The maximum absolute atomic E-state index is 12.2. The molecule has 1 aromatic carbocycles. The van der Waals surface area contributed by atoms with E-state index in [1.165, 1.54) is 11.9 Å². The Morgan fingerprint density at radius 1 is 1.19 bits per heavy atom. The summed E-state index contributed by atoms with van der Waals surface area (Å²) >= 11 is 0. The van der Waals surface area contributed by atoms with Gasteiger partial charge in [0.2, 0.25) is 0 Å². The number of hydrogen-bond donors (Lipinski definition) is 2. The molecule has 5 nitrogen and oxygen atoms in total. The van der Waals surface area contributed by atoms with E-state index < -0.39 is 12.7 Å². The Morgan fingerprint density at radius 2 is 1.81 bits per heavy atom. The van der Waals surface area contributed by atoms with Crippen molar-refractivity contribution in [1.82, 2.24) is 15.5 Å². The Bertz CT molecular complexity index is 548. The minimum atomic E-state index is -4.20. The second-order valence-electron chi connectivity index (χ2n) is 6.56. The van der Waals surface area contributed by atoms with Gasteiger partial charge in [-0.15, -0.1) is 0 Å². The highest BCUT2D eigenvalue weighted by Gasteiger charge is 2.28. The quantitative estimate of drug-likeness (QED) is 0.647. The van der Waals surface area contributed by atoms with Crippen molar-refractivity contribution in [2.24, 2.45) is 0 Å². The number of carbonyl (C=O) groups is 1. The lowest BCUT2D eigenvalue weighted by Crippen LogP contribution is -2.39. The molecule has 0 saturated heterocycles. The maximum Gasteiger partial charge on any atom is 0.401 e. The first-order valence-corrected chi connectivity index (χ1v) is 8.63. The zero-order valence-corrected chi connectivity index (χ0v) is 15.7. The zero-order chi connectivity index (χ0) is 19.7. The average molecular weight is 375 g/mol. The molecule has 0 aliphatic rings. The highest BCUT2D eigenvalue weighted by atomic mass is 19.4. The van der Waals surface area contributed by atoms with E-state index in [1.807, 2.05) is 45.0 Å². The van der Waals surface area contributed by atoms with Crippen LogP contribution < -0.4 is 15.4 Å². The van der Waals surface area contributed by atoms with Crippen LogP contribution in [-0.2, 0) is 0 Å². The SMILES string of the molecule is CC(C)Oc1ccc(C(C)NC(=O)NCCCN(C)CC(F)(F)F)cc1. The van der Waals surface area contributed by atoms with Crippen LogP contribution in [0, 0.1) is 0 Å². The number of urea groups is 1. The number of nitrogens with zero attached hydrogens (tertiary/aromatic N) is 1. The molecule has 8 heteroatoms. The molecule has 0 saturated carbocycles. The van der Waals surface area contributed by atoms with Crippen molar-refractivity contribution in [3.05, 3.63) is 29.8 Å². The van der Waals surface area contributed by atoms with E-state index in [-0.39, 0.29) is 24.7 Å². The van der Waals surface area contributed by atoms with Gasteiger partial charge in [-0.25, -0.2) is 4.79 Å². The number of carbonyl (C=O) groups excluding carboxylic acids is 1. The molecular weight excluding hydrogens is 347 g/mol. The van der Waals surface area contributed by atoms with E-state index in [1.54, 1.807) is 0 Å². The Labute approximate surface area is 152 Å². The van der Waals surface area contributed by atoms with E-state index >= 15 is 0 Å². The van der Waals surface area contributed by atoms with Crippen molar-refractivity contribution >= 4 is 6.03 Å². The van der Waals surface area contributed by atoms with E-state index in [0.29, 0.717) is 13.0 Å². The summed E-state index contributed by atoms with van der Waals surface area (Å²) in [6, 6.07) is 6.92. The molecule has 0 bridgehead atoms. The van der Waals surface area contributed by atoms with Crippen molar-refractivity contribution in [3.8, 4) is 5.75 Å². The van der Waals surface area contributed by atoms with Crippen LogP contribution in [-0.4, -0.2) is 49.9 Å². The van der Waals surface area contributed by atoms with Gasteiger partial charge in [-0.1, -0.05) is 12.1 Å². The van der Waals surface area contributed by atoms with Gasteiger partial charge in [0.25, 0.3) is 0 Å². The van der Waals surface area contributed by atoms with Crippen molar-refractivity contribution in [1.29, 1.82) is 0 Å². The molecule has 1 rings (SSSR count). The molecule has 0 fully saturated rings. The second kappa shape index (κ2) is 10.3. The smallest absolute Gasteiger partial charge is 0.401 e. The van der Waals surface area contributed by atoms with Gasteiger partial charge in [0.05, 0.1) is 18.7 Å². The van der Waals surface area contributed by atoms with Crippen LogP contribution in [0.3, 0.4) is 0 Å². The minimum Gasteiger partial charge on any atom is -0.491 e. The highest BCUT2D eigenvalue weighted by molar-refractivity contribution is 5.74. The van der Waals surface area contributed by atoms with Gasteiger partial charge in [0, 0.05) is 6.54 Å². The summed E-state index contributed by atoms with van der Waals surface area (Å²) in [7, 11) is 1.41. The fourth-order valence-corrected chi connectivity index (χ4v) is 2.37. The molecule has 1 unspecified atom stereocenters. The lowest BCUT2D eigenvalue weighted by Gasteiger charge is -2.19. The fraction of sp³-hybridized carbons (Fsp3) is 0.611. The van der Waals surface area contributed by atoms with Crippen molar-refractivity contribution in [2.45, 2.75) is 45.5 Å². The fourth-order valence-electron chi connectivity index (χ4n) is 2.37. The van der Waals surface area contributed by atoms with Crippen LogP contribution in [0.15, 0.2) is 24.3 Å². The normalized spacial score (nSPS) is 13.0.